The summed E-state index contributed by atoms with van der Waals surface area (Å²) < 4.78 is 5.35. The molecule has 7 N–H and O–H groups in total. The zero-order valence-corrected chi connectivity index (χ0v) is 12.7. The molecule has 0 aromatic heterocycles. The van der Waals surface area contributed by atoms with Gasteiger partial charge < -0.3 is 40.9 Å². The van der Waals surface area contributed by atoms with Gasteiger partial charge in [-0.1, -0.05) is 0 Å². The molecule has 0 spiro atoms. The van der Waals surface area contributed by atoms with E-state index < -0.39 is 47.5 Å². The van der Waals surface area contributed by atoms with Crippen LogP contribution in [-0.2, 0) is 14.3 Å². The maximum Gasteiger partial charge on any atom is 0.278 e. The number of aliphatic hydroxyl groups is 5. The van der Waals surface area contributed by atoms with Crippen molar-refractivity contribution in [2.75, 3.05) is 19.8 Å². The number of fused-ring (bicyclic) bond motifs is 5. The quantitative estimate of drug-likeness (QED) is 0.268. The molecule has 0 unspecified atom stereocenters. The maximum absolute atomic E-state index is 12.4. The maximum atomic E-state index is 12.4. The van der Waals surface area contributed by atoms with Gasteiger partial charge in [0.15, 0.2) is 0 Å². The molecule has 10 heteroatoms. The van der Waals surface area contributed by atoms with Crippen LogP contribution in [0.5, 0.6) is 0 Å². The third kappa shape index (κ3) is 2.71. The van der Waals surface area contributed by atoms with Crippen LogP contribution in [0.3, 0.4) is 0 Å². The summed E-state index contributed by atoms with van der Waals surface area (Å²) in [5, 5.41) is 53.3. The largest absolute Gasteiger partial charge is 0.396 e. The lowest BCUT2D eigenvalue weighted by Gasteiger charge is -2.51. The zero-order chi connectivity index (χ0) is 17.5. The predicted octanol–water partition coefficient (Wildman–Crippen LogP) is -3.86. The van der Waals surface area contributed by atoms with Gasteiger partial charge in [0.2, 0.25) is 5.72 Å². The monoisotopic (exact) mass is 334 g/mol. The number of aliphatic hydroxyl groups excluding tert-OH is 3. The summed E-state index contributed by atoms with van der Waals surface area (Å²) in [6.45, 7) is -0.245. The lowest BCUT2D eigenvalue weighted by atomic mass is 9.81. The smallest absolute Gasteiger partial charge is 0.278 e. The molecular weight excluding hydrogens is 312 g/mol. The normalized spacial score (nSPS) is 38.1. The highest BCUT2D eigenvalue weighted by Gasteiger charge is 2.64. The second-order valence-corrected chi connectivity index (χ2v) is 6.17. The molecular formula is C13H22N2O8. The minimum Gasteiger partial charge on any atom is -0.396 e. The van der Waals surface area contributed by atoms with Gasteiger partial charge in [-0.25, -0.2) is 0 Å². The van der Waals surface area contributed by atoms with Gasteiger partial charge in [-0.15, -0.1) is 0 Å². The molecule has 0 radical (unpaired) electrons. The molecule has 0 aliphatic carbocycles. The zero-order valence-electron chi connectivity index (χ0n) is 12.7. The Morgan fingerprint density at radius 2 is 2.00 bits per heavy atom. The summed E-state index contributed by atoms with van der Waals surface area (Å²) in [7, 11) is 0. The van der Waals surface area contributed by atoms with Crippen molar-refractivity contribution in [2.45, 2.75) is 42.9 Å². The summed E-state index contributed by atoms with van der Waals surface area (Å²) in [4.78, 5) is 24.7. The highest BCUT2D eigenvalue weighted by molar-refractivity contribution is 6.01. The number of hydrogen-bond acceptors (Lipinski definition) is 8. The molecule has 3 saturated heterocycles. The number of hydrogen-bond donors (Lipinski definition) is 7. The Kier molecular flexibility index (Phi) is 4.68. The van der Waals surface area contributed by atoms with Crippen molar-refractivity contribution in [3.05, 3.63) is 0 Å². The molecule has 3 aliphatic rings. The molecule has 0 aromatic rings. The first kappa shape index (κ1) is 18.0. The third-order valence-electron chi connectivity index (χ3n) is 4.45. The Labute approximate surface area is 132 Å². The van der Waals surface area contributed by atoms with Gasteiger partial charge in [0.25, 0.3) is 17.5 Å². The Hall–Kier alpha value is -1.30. The molecule has 3 aliphatic heterocycles. The topological polar surface area (TPSA) is 169 Å². The third-order valence-corrected chi connectivity index (χ3v) is 4.45. The lowest BCUT2D eigenvalue weighted by Crippen LogP contribution is -2.83. The van der Waals surface area contributed by atoms with Crippen LogP contribution in [0.4, 0.5) is 0 Å². The van der Waals surface area contributed by atoms with E-state index in [1.54, 1.807) is 0 Å². The molecule has 2 amide bonds. The van der Waals surface area contributed by atoms with Gasteiger partial charge in [0.05, 0.1) is 13.2 Å². The van der Waals surface area contributed by atoms with Crippen molar-refractivity contribution in [1.29, 1.82) is 0 Å². The number of rotatable bonds is 5. The molecule has 3 rings (SSSR count). The first-order chi connectivity index (χ1) is 10.6. The fraction of sp³-hybridized carbons (Fsp3) is 0.846. The molecule has 3 heterocycles. The molecule has 3 fully saturated rings. The van der Waals surface area contributed by atoms with Gasteiger partial charge in [-0.05, 0) is 19.8 Å². The molecule has 0 aromatic carbocycles. The number of amides is 2. The van der Waals surface area contributed by atoms with Crippen LogP contribution in [0.15, 0.2) is 0 Å². The van der Waals surface area contributed by atoms with Gasteiger partial charge >= 0.3 is 0 Å². The van der Waals surface area contributed by atoms with Crippen LogP contribution in [0, 0.1) is 5.92 Å². The van der Waals surface area contributed by atoms with E-state index >= 15 is 0 Å². The van der Waals surface area contributed by atoms with E-state index in [2.05, 4.69) is 10.6 Å². The van der Waals surface area contributed by atoms with Gasteiger partial charge in [0, 0.05) is 12.5 Å². The van der Waals surface area contributed by atoms with Crippen LogP contribution in [-0.4, -0.2) is 80.3 Å². The summed E-state index contributed by atoms with van der Waals surface area (Å²) >= 11 is 0. The molecule has 23 heavy (non-hydrogen) atoms. The second-order valence-electron chi connectivity index (χ2n) is 6.17. The Bertz CT molecular complexity index is 498. The van der Waals surface area contributed by atoms with E-state index in [9.17, 15) is 30.0 Å². The van der Waals surface area contributed by atoms with Crippen LogP contribution in [0.1, 0.15) is 19.8 Å². The number of carbonyl (C=O) groups is 2. The highest BCUT2D eigenvalue weighted by Crippen LogP contribution is 2.34. The van der Waals surface area contributed by atoms with Crippen molar-refractivity contribution < 1.29 is 39.9 Å². The van der Waals surface area contributed by atoms with Crippen molar-refractivity contribution >= 4 is 11.8 Å². The number of piperazine rings is 1. The Morgan fingerprint density at radius 1 is 1.35 bits per heavy atom. The van der Waals surface area contributed by atoms with E-state index in [-0.39, 0.29) is 26.1 Å². The van der Waals surface area contributed by atoms with Crippen molar-refractivity contribution in [3.63, 3.8) is 0 Å². The highest BCUT2D eigenvalue weighted by atomic mass is 16.5. The summed E-state index contributed by atoms with van der Waals surface area (Å²) in [6, 6.07) is 0. The molecule has 5 atom stereocenters. The first-order valence-electron chi connectivity index (χ1n) is 7.27. The fourth-order valence-electron chi connectivity index (χ4n) is 2.91. The van der Waals surface area contributed by atoms with E-state index in [4.69, 9.17) is 9.84 Å². The average molecular weight is 334 g/mol. The van der Waals surface area contributed by atoms with Crippen molar-refractivity contribution in [2.24, 2.45) is 5.92 Å². The summed E-state index contributed by atoms with van der Waals surface area (Å²) in [6.07, 6.45) is -1.80. The first-order valence-corrected chi connectivity index (χ1v) is 7.27. The standard InChI is InChI=1S/C13H22N2O8/c1-11(21,6-17)8(18)13-10(20)14-12(22,9(19)15-13)7(2-4-16)3-5-23-13/h7-8,16-18,21-22H,2-6H2,1H3,(H,14,20)(H,15,19)/t7-,8-,11-,12-,13+/m1/s1. The van der Waals surface area contributed by atoms with Gasteiger partial charge in [-0.2, -0.15) is 0 Å². The van der Waals surface area contributed by atoms with E-state index in [0.29, 0.717) is 0 Å². The number of ether oxygens (including phenoxy) is 1. The summed E-state index contributed by atoms with van der Waals surface area (Å²) in [5.74, 6) is -2.86. The van der Waals surface area contributed by atoms with Gasteiger partial charge in [-0.3, -0.25) is 9.59 Å². The van der Waals surface area contributed by atoms with Crippen LogP contribution >= 0.6 is 0 Å². The minimum atomic E-state index is -2.33. The minimum absolute atomic E-state index is 0.0530. The van der Waals surface area contributed by atoms with Gasteiger partial charge in [0.1, 0.15) is 11.7 Å². The molecule has 10 nitrogen and oxygen atoms in total. The van der Waals surface area contributed by atoms with E-state index in [1.807, 2.05) is 0 Å². The summed E-state index contributed by atoms with van der Waals surface area (Å²) in [5.41, 5.74) is -6.72. The lowest BCUT2D eigenvalue weighted by molar-refractivity contribution is -0.241. The molecule has 0 saturated carbocycles. The van der Waals surface area contributed by atoms with E-state index in [1.165, 1.54) is 0 Å². The second kappa shape index (κ2) is 5.96. The van der Waals surface area contributed by atoms with Crippen LogP contribution < -0.4 is 10.6 Å². The molecule has 2 bridgehead atoms. The number of nitrogens with one attached hydrogen (secondary N) is 2. The van der Waals surface area contributed by atoms with E-state index in [0.717, 1.165) is 6.92 Å². The van der Waals surface area contributed by atoms with Crippen molar-refractivity contribution in [1.82, 2.24) is 10.6 Å². The Morgan fingerprint density at radius 3 is 2.57 bits per heavy atom. The fourth-order valence-corrected chi connectivity index (χ4v) is 2.91. The average Bonchev–Trinajstić information content (AvgIpc) is 2.49. The SMILES string of the molecule is C[C@@](O)(CO)[C@@H](O)[C@@]12NC(=O)[C@@](O)(NC1=O)[C@H](CCO)CCO2. The van der Waals surface area contributed by atoms with Crippen molar-refractivity contribution in [3.8, 4) is 0 Å². The predicted molar refractivity (Wildman–Crippen MR) is 73.4 cm³/mol. The van der Waals surface area contributed by atoms with Crippen LogP contribution in [0.25, 0.3) is 0 Å². The Balaban J connectivity index is 2.41. The number of carbonyl (C=O) groups excluding carboxylic acids is 2. The molecule has 132 valence electrons. The van der Waals surface area contributed by atoms with Crippen LogP contribution in [0.2, 0.25) is 0 Å².